The van der Waals surface area contributed by atoms with E-state index in [-0.39, 0.29) is 12.6 Å². The first-order valence-corrected chi connectivity index (χ1v) is 7.98. The molecule has 0 spiro atoms. The van der Waals surface area contributed by atoms with Crippen LogP contribution >= 0.6 is 0 Å². The van der Waals surface area contributed by atoms with Gasteiger partial charge in [0.1, 0.15) is 0 Å². The Morgan fingerprint density at radius 1 is 1.29 bits per heavy atom. The fourth-order valence-electron chi connectivity index (χ4n) is 3.81. The van der Waals surface area contributed by atoms with Gasteiger partial charge in [-0.05, 0) is 51.6 Å². The molecule has 6 heteroatoms. The third-order valence-corrected chi connectivity index (χ3v) is 5.52. The van der Waals surface area contributed by atoms with E-state index < -0.39 is 11.4 Å². The lowest BCUT2D eigenvalue weighted by atomic mass is 9.84. The highest BCUT2D eigenvalue weighted by molar-refractivity contribution is 5.80. The van der Waals surface area contributed by atoms with Crippen LogP contribution in [0, 0.1) is 11.3 Å². The number of rotatable bonds is 3. The summed E-state index contributed by atoms with van der Waals surface area (Å²) < 4.78 is 0. The van der Waals surface area contributed by atoms with Crippen LogP contribution in [0.1, 0.15) is 32.1 Å². The lowest BCUT2D eigenvalue weighted by Crippen LogP contribution is -2.56. The molecule has 2 amide bonds. The largest absolute Gasteiger partial charge is 0.481 e. The normalized spacial score (nSPS) is 31.4. The number of aliphatic carboxylic acids is 1. The third kappa shape index (κ3) is 2.86. The first-order chi connectivity index (χ1) is 10.0. The van der Waals surface area contributed by atoms with Gasteiger partial charge in [-0.2, -0.15) is 0 Å². The van der Waals surface area contributed by atoms with Gasteiger partial charge in [0.05, 0.1) is 5.41 Å². The van der Waals surface area contributed by atoms with E-state index in [0.29, 0.717) is 24.8 Å². The van der Waals surface area contributed by atoms with E-state index in [4.69, 9.17) is 5.11 Å². The van der Waals surface area contributed by atoms with Crippen molar-refractivity contribution in [2.75, 3.05) is 33.2 Å². The van der Waals surface area contributed by atoms with Crippen molar-refractivity contribution in [3.63, 3.8) is 0 Å². The minimum absolute atomic E-state index is 0.0887. The summed E-state index contributed by atoms with van der Waals surface area (Å²) in [5, 5.41) is 12.0. The number of likely N-dealkylation sites (tertiary alicyclic amines) is 2. The van der Waals surface area contributed by atoms with Gasteiger partial charge in [0.15, 0.2) is 0 Å². The molecule has 3 aliphatic rings. The molecular weight excluding hydrogens is 270 g/mol. The molecule has 0 radical (unpaired) electrons. The highest BCUT2D eigenvalue weighted by atomic mass is 16.4. The smallest absolute Gasteiger partial charge is 0.317 e. The summed E-state index contributed by atoms with van der Waals surface area (Å²) in [7, 11) is 2.18. The van der Waals surface area contributed by atoms with Crippen molar-refractivity contribution in [1.82, 2.24) is 15.1 Å². The van der Waals surface area contributed by atoms with Crippen LogP contribution in [0.25, 0.3) is 0 Å². The molecule has 1 aliphatic carbocycles. The zero-order valence-corrected chi connectivity index (χ0v) is 12.7. The van der Waals surface area contributed by atoms with Crippen molar-refractivity contribution in [1.29, 1.82) is 0 Å². The molecule has 2 unspecified atom stereocenters. The number of nitrogens with one attached hydrogen (secondary N) is 1. The predicted octanol–water partition coefficient (Wildman–Crippen LogP) is 0.977. The molecule has 21 heavy (non-hydrogen) atoms. The number of hydrogen-bond acceptors (Lipinski definition) is 3. The van der Waals surface area contributed by atoms with E-state index in [1.165, 1.54) is 12.8 Å². The molecule has 3 rings (SSSR count). The van der Waals surface area contributed by atoms with Crippen LogP contribution in [-0.4, -0.2) is 66.2 Å². The number of hydrogen-bond donors (Lipinski definition) is 2. The second-order valence-corrected chi connectivity index (χ2v) is 6.93. The van der Waals surface area contributed by atoms with Crippen molar-refractivity contribution in [3.8, 4) is 0 Å². The molecule has 2 aliphatic heterocycles. The summed E-state index contributed by atoms with van der Waals surface area (Å²) >= 11 is 0. The summed E-state index contributed by atoms with van der Waals surface area (Å²) in [6.07, 6.45) is 4.78. The van der Waals surface area contributed by atoms with E-state index in [0.717, 1.165) is 26.1 Å². The van der Waals surface area contributed by atoms with Gasteiger partial charge >= 0.3 is 12.0 Å². The van der Waals surface area contributed by atoms with Gasteiger partial charge in [0, 0.05) is 25.7 Å². The maximum Gasteiger partial charge on any atom is 0.317 e. The Balaban J connectivity index is 1.51. The number of carboxylic acids is 1. The number of urea groups is 1. The first-order valence-electron chi connectivity index (χ1n) is 7.98. The number of carbonyl (C=O) groups excluding carboxylic acids is 1. The molecule has 0 aromatic rings. The summed E-state index contributed by atoms with van der Waals surface area (Å²) in [5.74, 6) is -0.215. The van der Waals surface area contributed by atoms with Gasteiger partial charge in [-0.15, -0.1) is 0 Å². The molecule has 3 fully saturated rings. The molecular formula is C15H25N3O3. The topological polar surface area (TPSA) is 72.9 Å². The van der Waals surface area contributed by atoms with E-state index in [1.54, 1.807) is 0 Å². The molecule has 2 saturated heterocycles. The van der Waals surface area contributed by atoms with Gasteiger partial charge < -0.3 is 20.2 Å². The number of nitrogens with zero attached hydrogens (tertiary/aromatic N) is 2. The second-order valence-electron chi connectivity index (χ2n) is 6.93. The minimum atomic E-state index is -0.782. The first kappa shape index (κ1) is 14.6. The predicted molar refractivity (Wildman–Crippen MR) is 78.0 cm³/mol. The summed E-state index contributed by atoms with van der Waals surface area (Å²) in [6, 6.07) is 0.519. The summed E-state index contributed by atoms with van der Waals surface area (Å²) in [5.41, 5.74) is -0.682. The summed E-state index contributed by atoms with van der Waals surface area (Å²) in [4.78, 5) is 27.7. The minimum Gasteiger partial charge on any atom is -0.481 e. The number of amides is 2. The molecule has 0 aromatic carbocycles. The van der Waals surface area contributed by atoms with Gasteiger partial charge in [0.2, 0.25) is 0 Å². The van der Waals surface area contributed by atoms with Crippen LogP contribution in [-0.2, 0) is 4.79 Å². The quantitative estimate of drug-likeness (QED) is 0.814. The number of piperidine rings is 2. The molecule has 6 nitrogen and oxygen atoms in total. The van der Waals surface area contributed by atoms with Gasteiger partial charge in [0.25, 0.3) is 0 Å². The van der Waals surface area contributed by atoms with Crippen molar-refractivity contribution >= 4 is 12.0 Å². The van der Waals surface area contributed by atoms with Crippen LogP contribution in [0.15, 0.2) is 0 Å². The SMILES string of the molecule is CN1CCCC2CN(C(=O)NCC3(C(=O)O)CC3)CCC21. The van der Waals surface area contributed by atoms with Crippen LogP contribution < -0.4 is 5.32 Å². The van der Waals surface area contributed by atoms with Crippen LogP contribution in [0.4, 0.5) is 4.79 Å². The zero-order chi connectivity index (χ0) is 15.0. The Morgan fingerprint density at radius 3 is 2.71 bits per heavy atom. The Kier molecular flexibility index (Phi) is 3.82. The molecule has 0 aromatic heterocycles. The molecule has 2 atom stereocenters. The monoisotopic (exact) mass is 295 g/mol. The Hall–Kier alpha value is -1.30. The third-order valence-electron chi connectivity index (χ3n) is 5.52. The van der Waals surface area contributed by atoms with Gasteiger partial charge in [-0.3, -0.25) is 4.79 Å². The molecule has 0 bridgehead atoms. The lowest BCUT2D eigenvalue weighted by Gasteiger charge is -2.45. The van der Waals surface area contributed by atoms with Crippen LogP contribution in [0.5, 0.6) is 0 Å². The Bertz CT molecular complexity index is 436. The van der Waals surface area contributed by atoms with Crippen molar-refractivity contribution in [3.05, 3.63) is 0 Å². The van der Waals surface area contributed by atoms with Gasteiger partial charge in [-0.25, -0.2) is 4.79 Å². The van der Waals surface area contributed by atoms with E-state index >= 15 is 0 Å². The van der Waals surface area contributed by atoms with Crippen molar-refractivity contribution < 1.29 is 14.7 Å². The average molecular weight is 295 g/mol. The molecule has 1 saturated carbocycles. The lowest BCUT2D eigenvalue weighted by molar-refractivity contribution is -0.143. The zero-order valence-electron chi connectivity index (χ0n) is 12.7. The van der Waals surface area contributed by atoms with E-state index in [2.05, 4.69) is 17.3 Å². The Morgan fingerprint density at radius 2 is 2.05 bits per heavy atom. The highest BCUT2D eigenvalue weighted by Gasteiger charge is 2.50. The molecule has 118 valence electrons. The molecule has 2 N–H and O–H groups in total. The number of fused-ring (bicyclic) bond motifs is 1. The Labute approximate surface area is 125 Å². The van der Waals surface area contributed by atoms with E-state index in [1.807, 2.05) is 4.90 Å². The fourth-order valence-corrected chi connectivity index (χ4v) is 3.81. The van der Waals surface area contributed by atoms with Gasteiger partial charge in [-0.1, -0.05) is 0 Å². The van der Waals surface area contributed by atoms with Crippen LogP contribution in [0.2, 0.25) is 0 Å². The number of carboxylic acid groups (broad SMARTS) is 1. The maximum absolute atomic E-state index is 12.3. The number of carbonyl (C=O) groups is 2. The second kappa shape index (κ2) is 5.48. The van der Waals surface area contributed by atoms with Crippen molar-refractivity contribution in [2.45, 2.75) is 38.1 Å². The standard InChI is InChI=1S/C15H25N3O3/c1-17-7-2-3-11-9-18(8-4-12(11)17)14(21)16-10-15(5-6-15)13(19)20/h11-12H,2-10H2,1H3,(H,16,21)(H,19,20). The highest BCUT2D eigenvalue weighted by Crippen LogP contribution is 2.45. The van der Waals surface area contributed by atoms with Crippen molar-refractivity contribution in [2.24, 2.45) is 11.3 Å². The fraction of sp³-hybridized carbons (Fsp3) is 0.867. The van der Waals surface area contributed by atoms with E-state index in [9.17, 15) is 9.59 Å². The van der Waals surface area contributed by atoms with Crippen LogP contribution in [0.3, 0.4) is 0 Å². The summed E-state index contributed by atoms with van der Waals surface area (Å²) in [6.45, 7) is 3.01. The molecule has 2 heterocycles. The maximum atomic E-state index is 12.3. The average Bonchev–Trinajstić information content (AvgIpc) is 3.26.